The molecule has 0 spiro atoms. The van der Waals surface area contributed by atoms with E-state index < -0.39 is 0 Å². The Morgan fingerprint density at radius 1 is 1.24 bits per heavy atom. The molecular formula is C11H17N5S. The molecule has 0 aromatic carbocycles. The number of rotatable bonds is 5. The molecule has 2 rings (SSSR count). The first-order chi connectivity index (χ1) is 8.16. The molecule has 92 valence electrons. The van der Waals surface area contributed by atoms with E-state index >= 15 is 0 Å². The predicted octanol–water partition coefficient (Wildman–Crippen LogP) is 1.61. The minimum Gasteiger partial charge on any atom is -0.347 e. The first-order valence-electron chi connectivity index (χ1n) is 5.50. The fourth-order valence-corrected chi connectivity index (χ4v) is 2.15. The van der Waals surface area contributed by atoms with E-state index in [2.05, 4.69) is 37.6 Å². The number of thiophene rings is 1. The lowest BCUT2D eigenvalue weighted by molar-refractivity contribution is 0.848. The van der Waals surface area contributed by atoms with Crippen LogP contribution in [-0.4, -0.2) is 42.9 Å². The van der Waals surface area contributed by atoms with Gasteiger partial charge in [0.15, 0.2) is 0 Å². The number of nitrogens with zero attached hydrogens (tertiary/aromatic N) is 4. The van der Waals surface area contributed by atoms with Crippen molar-refractivity contribution in [2.75, 3.05) is 37.5 Å². The summed E-state index contributed by atoms with van der Waals surface area (Å²) in [5.74, 6) is 1.59. The molecule has 0 aliphatic heterocycles. The highest BCUT2D eigenvalue weighted by Crippen LogP contribution is 2.13. The summed E-state index contributed by atoms with van der Waals surface area (Å²) < 4.78 is 0. The second-order valence-corrected chi connectivity index (χ2v) is 5.15. The van der Waals surface area contributed by atoms with Gasteiger partial charge in [-0.2, -0.15) is 0 Å². The Morgan fingerprint density at radius 3 is 2.59 bits per heavy atom. The molecule has 0 atom stereocenters. The molecule has 2 aromatic rings. The highest BCUT2D eigenvalue weighted by Gasteiger charge is 2.08. The average Bonchev–Trinajstić information content (AvgIpc) is 2.96. The molecule has 0 aliphatic carbocycles. The van der Waals surface area contributed by atoms with E-state index in [1.165, 1.54) is 4.88 Å². The molecule has 5 nitrogen and oxygen atoms in total. The van der Waals surface area contributed by atoms with E-state index in [9.17, 15) is 0 Å². The van der Waals surface area contributed by atoms with Gasteiger partial charge in [-0.25, -0.2) is 0 Å². The number of aromatic amines is 1. The maximum absolute atomic E-state index is 4.12. The monoisotopic (exact) mass is 251 g/mol. The van der Waals surface area contributed by atoms with Gasteiger partial charge in [-0.3, -0.25) is 4.98 Å². The number of H-pyrrole nitrogens is 1. The van der Waals surface area contributed by atoms with Crippen LogP contribution in [0.4, 0.5) is 11.9 Å². The van der Waals surface area contributed by atoms with Crippen molar-refractivity contribution in [2.45, 2.75) is 6.42 Å². The molecule has 2 aromatic heterocycles. The van der Waals surface area contributed by atoms with Crippen molar-refractivity contribution in [2.24, 2.45) is 0 Å². The Kier molecular flexibility index (Phi) is 3.63. The molecule has 0 amide bonds. The molecule has 0 bridgehead atoms. The molecule has 6 heteroatoms. The van der Waals surface area contributed by atoms with Crippen LogP contribution in [0.5, 0.6) is 0 Å². The fraction of sp³-hybridized carbons (Fsp3) is 0.455. The van der Waals surface area contributed by atoms with Crippen LogP contribution in [0.1, 0.15) is 4.88 Å². The van der Waals surface area contributed by atoms with Gasteiger partial charge in [0.1, 0.15) is 0 Å². The standard InChI is InChI=1S/C11H17N5S/c1-15(2)10-12-11(14-13-10)16(3)7-6-9-5-4-8-17-9/h4-5,8H,6-7H2,1-3H3,(H,12,13,14). The molecule has 0 aliphatic rings. The smallest absolute Gasteiger partial charge is 0.225 e. The van der Waals surface area contributed by atoms with Crippen LogP contribution in [0.3, 0.4) is 0 Å². The lowest BCUT2D eigenvalue weighted by atomic mass is 10.3. The first kappa shape index (κ1) is 11.9. The Balaban J connectivity index is 1.92. The summed E-state index contributed by atoms with van der Waals surface area (Å²) in [7, 11) is 5.90. The zero-order chi connectivity index (χ0) is 12.3. The van der Waals surface area contributed by atoms with Crippen molar-refractivity contribution in [3.8, 4) is 0 Å². The van der Waals surface area contributed by atoms with E-state index in [0.717, 1.165) is 24.9 Å². The number of anilines is 2. The molecule has 17 heavy (non-hydrogen) atoms. The van der Waals surface area contributed by atoms with E-state index in [4.69, 9.17) is 0 Å². The molecule has 1 N–H and O–H groups in total. The Hall–Kier alpha value is -1.56. The minimum absolute atomic E-state index is 0.781. The van der Waals surface area contributed by atoms with Gasteiger partial charge in [-0.15, -0.1) is 21.5 Å². The van der Waals surface area contributed by atoms with Crippen molar-refractivity contribution >= 4 is 23.2 Å². The molecule has 0 fully saturated rings. The second-order valence-electron chi connectivity index (χ2n) is 4.12. The van der Waals surface area contributed by atoms with Crippen molar-refractivity contribution in [3.63, 3.8) is 0 Å². The van der Waals surface area contributed by atoms with Crippen LogP contribution in [0.15, 0.2) is 17.5 Å². The molecule has 0 saturated carbocycles. The number of aromatic nitrogens is 3. The highest BCUT2D eigenvalue weighted by molar-refractivity contribution is 7.09. The lowest BCUT2D eigenvalue weighted by Gasteiger charge is -2.14. The third-order valence-electron chi connectivity index (χ3n) is 2.52. The summed E-state index contributed by atoms with van der Waals surface area (Å²) in [4.78, 5) is 8.56. The van der Waals surface area contributed by atoms with Gasteiger partial charge >= 0.3 is 0 Å². The number of likely N-dealkylation sites (N-methyl/N-ethyl adjacent to an activating group) is 1. The number of hydrogen-bond donors (Lipinski definition) is 1. The summed E-state index contributed by atoms with van der Waals surface area (Å²) in [5.41, 5.74) is 0. The Labute approximate surface area is 105 Å². The van der Waals surface area contributed by atoms with Crippen LogP contribution < -0.4 is 9.80 Å². The van der Waals surface area contributed by atoms with E-state index in [1.807, 2.05) is 26.0 Å². The highest BCUT2D eigenvalue weighted by atomic mass is 32.1. The normalized spacial score (nSPS) is 10.5. The fourth-order valence-electron chi connectivity index (χ4n) is 1.46. The van der Waals surface area contributed by atoms with Crippen molar-refractivity contribution in [1.82, 2.24) is 15.2 Å². The molecule has 0 saturated heterocycles. The van der Waals surface area contributed by atoms with Gasteiger partial charge in [0.05, 0.1) is 0 Å². The minimum atomic E-state index is 0.781. The van der Waals surface area contributed by atoms with Gasteiger partial charge in [0.2, 0.25) is 11.9 Å². The second kappa shape index (κ2) is 5.18. The van der Waals surface area contributed by atoms with Gasteiger partial charge in [0, 0.05) is 32.6 Å². The largest absolute Gasteiger partial charge is 0.347 e. The van der Waals surface area contributed by atoms with E-state index in [-0.39, 0.29) is 0 Å². The van der Waals surface area contributed by atoms with E-state index in [1.54, 1.807) is 11.3 Å². The Bertz CT molecular complexity index is 448. The third kappa shape index (κ3) is 2.97. The average molecular weight is 251 g/mol. The summed E-state index contributed by atoms with van der Waals surface area (Å²) in [5, 5.41) is 10.3. The topological polar surface area (TPSA) is 48.1 Å². The number of hydrogen-bond acceptors (Lipinski definition) is 5. The molecular weight excluding hydrogens is 234 g/mol. The quantitative estimate of drug-likeness (QED) is 0.877. The van der Waals surface area contributed by atoms with Gasteiger partial charge in [-0.1, -0.05) is 6.07 Å². The van der Waals surface area contributed by atoms with Gasteiger partial charge in [0.25, 0.3) is 0 Å². The summed E-state index contributed by atoms with van der Waals surface area (Å²) in [6, 6.07) is 4.24. The van der Waals surface area contributed by atoms with Crippen LogP contribution in [-0.2, 0) is 6.42 Å². The summed E-state index contributed by atoms with van der Waals surface area (Å²) in [6.07, 6.45) is 1.03. The van der Waals surface area contributed by atoms with Crippen LogP contribution in [0.25, 0.3) is 0 Å². The summed E-state index contributed by atoms with van der Waals surface area (Å²) >= 11 is 1.79. The zero-order valence-electron chi connectivity index (χ0n) is 10.3. The van der Waals surface area contributed by atoms with Crippen molar-refractivity contribution in [1.29, 1.82) is 0 Å². The van der Waals surface area contributed by atoms with E-state index in [0.29, 0.717) is 0 Å². The van der Waals surface area contributed by atoms with Crippen LogP contribution in [0.2, 0.25) is 0 Å². The number of nitrogens with one attached hydrogen (secondary N) is 1. The Morgan fingerprint density at radius 2 is 2.00 bits per heavy atom. The third-order valence-corrected chi connectivity index (χ3v) is 3.46. The van der Waals surface area contributed by atoms with Crippen LogP contribution >= 0.6 is 11.3 Å². The first-order valence-corrected chi connectivity index (χ1v) is 6.38. The molecule has 0 unspecified atom stereocenters. The lowest BCUT2D eigenvalue weighted by Crippen LogP contribution is -2.21. The SMILES string of the molecule is CN(C)c1nnc(N(C)CCc2cccs2)[nH]1. The molecule has 2 heterocycles. The molecule has 0 radical (unpaired) electrons. The van der Waals surface area contributed by atoms with Crippen molar-refractivity contribution in [3.05, 3.63) is 22.4 Å². The van der Waals surface area contributed by atoms with Crippen molar-refractivity contribution < 1.29 is 0 Å². The summed E-state index contributed by atoms with van der Waals surface area (Å²) in [6.45, 7) is 0.933. The predicted molar refractivity (Wildman–Crippen MR) is 72.0 cm³/mol. The van der Waals surface area contributed by atoms with Crippen LogP contribution in [0, 0.1) is 0 Å². The van der Waals surface area contributed by atoms with Gasteiger partial charge < -0.3 is 9.80 Å². The van der Waals surface area contributed by atoms with Gasteiger partial charge in [-0.05, 0) is 17.9 Å². The maximum atomic E-state index is 4.12. The maximum Gasteiger partial charge on any atom is 0.225 e. The zero-order valence-corrected chi connectivity index (χ0v) is 11.2.